The number of hydrogen-bond donors (Lipinski definition) is 1. The van der Waals surface area contributed by atoms with E-state index in [0.29, 0.717) is 31.7 Å². The summed E-state index contributed by atoms with van der Waals surface area (Å²) >= 11 is 0. The first-order valence-corrected chi connectivity index (χ1v) is 9.92. The highest BCUT2D eigenvalue weighted by atomic mass is 16.5. The molecule has 2 atom stereocenters. The molecule has 0 aliphatic carbocycles. The number of likely N-dealkylation sites (tertiary alicyclic amines) is 1. The number of benzene rings is 2. The number of ether oxygens (including phenoxy) is 2. The van der Waals surface area contributed by atoms with E-state index in [1.54, 1.807) is 0 Å². The van der Waals surface area contributed by atoms with Crippen molar-refractivity contribution in [3.8, 4) is 5.75 Å². The van der Waals surface area contributed by atoms with Gasteiger partial charge in [-0.05, 0) is 38.5 Å². The highest BCUT2D eigenvalue weighted by Crippen LogP contribution is 2.26. The Balaban J connectivity index is 1.72. The Labute approximate surface area is 171 Å². The van der Waals surface area contributed by atoms with Gasteiger partial charge in [-0.1, -0.05) is 35.9 Å². The summed E-state index contributed by atoms with van der Waals surface area (Å²) in [6, 6.07) is 14.7. The van der Waals surface area contributed by atoms with Crippen LogP contribution in [0.1, 0.15) is 34.8 Å². The van der Waals surface area contributed by atoms with E-state index < -0.39 is 6.04 Å². The monoisotopic (exact) mass is 396 g/mol. The summed E-state index contributed by atoms with van der Waals surface area (Å²) in [5.74, 6) is 0.395. The first-order chi connectivity index (χ1) is 14.0. The number of carbonyl (C=O) groups excluding carboxylic acids is 2. The molecular weight excluding hydrogens is 368 g/mol. The zero-order valence-corrected chi connectivity index (χ0v) is 17.2. The summed E-state index contributed by atoms with van der Waals surface area (Å²) < 4.78 is 10.7. The molecule has 0 aromatic heterocycles. The Kier molecular flexibility index (Phi) is 6.88. The summed E-state index contributed by atoms with van der Waals surface area (Å²) in [5.41, 5.74) is 2.73. The minimum Gasteiger partial charge on any atom is -0.494 e. The largest absolute Gasteiger partial charge is 0.494 e. The highest BCUT2D eigenvalue weighted by molar-refractivity contribution is 5.94. The molecule has 3 rings (SSSR count). The first kappa shape index (κ1) is 20.9. The van der Waals surface area contributed by atoms with Gasteiger partial charge in [-0.25, -0.2) is 0 Å². The second kappa shape index (κ2) is 9.56. The van der Waals surface area contributed by atoms with Crippen molar-refractivity contribution in [2.24, 2.45) is 0 Å². The van der Waals surface area contributed by atoms with Crippen LogP contribution in [0.2, 0.25) is 0 Å². The SMILES string of the molecule is CCOc1ccccc1CN1C[C@H](NC(=O)c2ccc(C)cc2)C[C@H]1C(=O)OC. The molecule has 2 aromatic carbocycles. The van der Waals surface area contributed by atoms with Crippen molar-refractivity contribution >= 4 is 11.9 Å². The number of hydrogen-bond acceptors (Lipinski definition) is 5. The third-order valence-corrected chi connectivity index (χ3v) is 5.17. The van der Waals surface area contributed by atoms with Gasteiger partial charge >= 0.3 is 5.97 Å². The van der Waals surface area contributed by atoms with Crippen molar-refractivity contribution in [3.63, 3.8) is 0 Å². The van der Waals surface area contributed by atoms with Crippen molar-refractivity contribution in [1.29, 1.82) is 0 Å². The molecule has 6 heteroatoms. The van der Waals surface area contributed by atoms with E-state index in [1.807, 2.05) is 67.3 Å². The first-order valence-electron chi connectivity index (χ1n) is 9.92. The van der Waals surface area contributed by atoms with Crippen molar-refractivity contribution in [1.82, 2.24) is 10.2 Å². The number of nitrogens with zero attached hydrogens (tertiary/aromatic N) is 1. The molecular formula is C23H28N2O4. The van der Waals surface area contributed by atoms with Gasteiger partial charge in [0.15, 0.2) is 0 Å². The van der Waals surface area contributed by atoms with E-state index in [4.69, 9.17) is 9.47 Å². The molecule has 6 nitrogen and oxygen atoms in total. The predicted molar refractivity (Wildman–Crippen MR) is 111 cm³/mol. The second-order valence-electron chi connectivity index (χ2n) is 7.28. The number of carbonyl (C=O) groups is 2. The fourth-order valence-corrected chi connectivity index (χ4v) is 3.69. The van der Waals surface area contributed by atoms with Gasteiger partial charge in [0.2, 0.25) is 0 Å². The summed E-state index contributed by atoms with van der Waals surface area (Å²) in [5, 5.41) is 3.06. The van der Waals surface area contributed by atoms with Gasteiger partial charge in [0.05, 0.1) is 13.7 Å². The lowest BCUT2D eigenvalue weighted by atomic mass is 10.1. The van der Waals surface area contributed by atoms with Crippen molar-refractivity contribution < 1.29 is 19.1 Å². The fourth-order valence-electron chi connectivity index (χ4n) is 3.69. The van der Waals surface area contributed by atoms with E-state index in [0.717, 1.165) is 16.9 Å². The summed E-state index contributed by atoms with van der Waals surface area (Å²) in [6.07, 6.45) is 0.515. The van der Waals surface area contributed by atoms with Crippen LogP contribution in [-0.2, 0) is 16.1 Å². The molecule has 1 fully saturated rings. The smallest absolute Gasteiger partial charge is 0.323 e. The van der Waals surface area contributed by atoms with Crippen LogP contribution in [0.3, 0.4) is 0 Å². The second-order valence-corrected chi connectivity index (χ2v) is 7.28. The van der Waals surface area contributed by atoms with E-state index in [2.05, 4.69) is 5.32 Å². The van der Waals surface area contributed by atoms with Crippen molar-refractivity contribution in [2.45, 2.75) is 38.9 Å². The molecule has 0 saturated carbocycles. The Morgan fingerprint density at radius 2 is 1.86 bits per heavy atom. The van der Waals surface area contributed by atoms with Gasteiger partial charge in [-0.3, -0.25) is 14.5 Å². The maximum Gasteiger partial charge on any atom is 0.323 e. The predicted octanol–water partition coefficient (Wildman–Crippen LogP) is 2.94. The average molecular weight is 396 g/mol. The summed E-state index contributed by atoms with van der Waals surface area (Å²) in [7, 11) is 1.40. The van der Waals surface area contributed by atoms with Gasteiger partial charge in [-0.2, -0.15) is 0 Å². The molecule has 1 amide bonds. The van der Waals surface area contributed by atoms with E-state index >= 15 is 0 Å². The lowest BCUT2D eigenvalue weighted by Crippen LogP contribution is -2.37. The van der Waals surface area contributed by atoms with Crippen LogP contribution in [-0.4, -0.2) is 49.1 Å². The number of aryl methyl sites for hydroxylation is 1. The molecule has 1 heterocycles. The lowest BCUT2D eigenvalue weighted by molar-refractivity contribution is -0.146. The normalized spacial score (nSPS) is 19.0. The molecule has 29 heavy (non-hydrogen) atoms. The third kappa shape index (κ3) is 5.15. The van der Waals surface area contributed by atoms with Crippen LogP contribution in [0.4, 0.5) is 0 Å². The Bertz CT molecular complexity index is 850. The van der Waals surface area contributed by atoms with Crippen LogP contribution in [0.25, 0.3) is 0 Å². The Morgan fingerprint density at radius 1 is 1.14 bits per heavy atom. The molecule has 1 N–H and O–H groups in total. The van der Waals surface area contributed by atoms with Gasteiger partial charge in [0.1, 0.15) is 11.8 Å². The minimum atomic E-state index is -0.405. The van der Waals surface area contributed by atoms with E-state index in [9.17, 15) is 9.59 Å². The number of methoxy groups -OCH3 is 1. The average Bonchev–Trinajstić information content (AvgIpc) is 3.11. The third-order valence-electron chi connectivity index (χ3n) is 5.17. The van der Waals surface area contributed by atoms with Gasteiger partial charge in [0, 0.05) is 30.3 Å². The zero-order chi connectivity index (χ0) is 20.8. The lowest BCUT2D eigenvalue weighted by Gasteiger charge is -2.23. The minimum absolute atomic E-state index is 0.129. The Morgan fingerprint density at radius 3 is 2.55 bits per heavy atom. The molecule has 1 aliphatic heterocycles. The Hall–Kier alpha value is -2.86. The summed E-state index contributed by atoms with van der Waals surface area (Å²) in [6.45, 7) is 5.62. The molecule has 1 saturated heterocycles. The fraction of sp³-hybridized carbons (Fsp3) is 0.391. The standard InChI is InChI=1S/C23H28N2O4/c1-4-29-21-8-6-5-7-18(21)14-25-15-19(13-20(25)23(27)28-3)24-22(26)17-11-9-16(2)10-12-17/h5-12,19-20H,4,13-15H2,1-3H3,(H,24,26)/t19-,20+/m1/s1. The molecule has 0 unspecified atom stereocenters. The zero-order valence-electron chi connectivity index (χ0n) is 17.2. The van der Waals surface area contributed by atoms with Crippen LogP contribution < -0.4 is 10.1 Å². The van der Waals surface area contributed by atoms with Crippen LogP contribution >= 0.6 is 0 Å². The number of nitrogens with one attached hydrogen (secondary N) is 1. The van der Waals surface area contributed by atoms with Gasteiger partial charge < -0.3 is 14.8 Å². The quantitative estimate of drug-likeness (QED) is 0.729. The number of para-hydroxylation sites is 1. The summed E-state index contributed by atoms with van der Waals surface area (Å²) in [4.78, 5) is 27.0. The maximum absolute atomic E-state index is 12.6. The van der Waals surface area contributed by atoms with Crippen LogP contribution in [0, 0.1) is 6.92 Å². The molecule has 1 aliphatic rings. The number of rotatable bonds is 7. The highest BCUT2D eigenvalue weighted by Gasteiger charge is 2.38. The van der Waals surface area contributed by atoms with Gasteiger partial charge in [0.25, 0.3) is 5.91 Å². The maximum atomic E-state index is 12.6. The molecule has 154 valence electrons. The molecule has 0 radical (unpaired) electrons. The van der Waals surface area contributed by atoms with Crippen molar-refractivity contribution in [2.75, 3.05) is 20.3 Å². The molecule has 0 bridgehead atoms. The van der Waals surface area contributed by atoms with Crippen LogP contribution in [0.15, 0.2) is 48.5 Å². The molecule has 2 aromatic rings. The van der Waals surface area contributed by atoms with Crippen LogP contribution in [0.5, 0.6) is 5.75 Å². The van der Waals surface area contributed by atoms with E-state index in [-0.39, 0.29) is 17.9 Å². The van der Waals surface area contributed by atoms with Gasteiger partial charge in [-0.15, -0.1) is 0 Å². The van der Waals surface area contributed by atoms with E-state index in [1.165, 1.54) is 7.11 Å². The number of esters is 1. The topological polar surface area (TPSA) is 67.9 Å². The number of amides is 1. The molecule has 0 spiro atoms. The van der Waals surface area contributed by atoms with Crippen molar-refractivity contribution in [3.05, 3.63) is 65.2 Å².